The number of rotatable bonds is 7. The van der Waals surface area contributed by atoms with Crippen LogP contribution in [0.25, 0.3) is 0 Å². The molecule has 0 aromatic heterocycles. The maximum atomic E-state index is 12.6. The molecule has 27 heavy (non-hydrogen) atoms. The Bertz CT molecular complexity index is 864. The van der Waals surface area contributed by atoms with Gasteiger partial charge in [0.15, 0.2) is 0 Å². The maximum Gasteiger partial charge on any atom is 0.248 e. The van der Waals surface area contributed by atoms with Crippen molar-refractivity contribution in [1.82, 2.24) is 10.2 Å². The normalized spacial score (nSPS) is 19.5. The molecule has 1 aliphatic rings. The summed E-state index contributed by atoms with van der Waals surface area (Å²) in [6.45, 7) is 2.59. The van der Waals surface area contributed by atoms with Crippen molar-refractivity contribution in [3.05, 3.63) is 76.3 Å². The van der Waals surface area contributed by atoms with Crippen molar-refractivity contribution in [2.45, 2.75) is 24.8 Å². The number of phenolic OH excluding ortho intramolecular Hbond substituents is 1. The monoisotopic (exact) mass is 384 g/mol. The molecule has 1 amide bonds. The summed E-state index contributed by atoms with van der Waals surface area (Å²) < 4.78 is 0. The van der Waals surface area contributed by atoms with Gasteiger partial charge in [0.05, 0.1) is 0 Å². The smallest absolute Gasteiger partial charge is 0.248 e. The summed E-state index contributed by atoms with van der Waals surface area (Å²) in [4.78, 5) is 14.7. The fraction of sp³-hybridized carbons (Fsp3) is 0.318. The minimum absolute atomic E-state index is 0.0231. The molecule has 2 atom stereocenters. The molecule has 5 heteroatoms. The van der Waals surface area contributed by atoms with Crippen molar-refractivity contribution >= 4 is 17.5 Å². The Labute approximate surface area is 165 Å². The largest absolute Gasteiger partial charge is 0.508 e. The van der Waals surface area contributed by atoms with Gasteiger partial charge in [0.1, 0.15) is 5.75 Å². The lowest BCUT2D eigenvalue weighted by molar-refractivity contribution is -0.117. The van der Waals surface area contributed by atoms with Crippen molar-refractivity contribution in [3.8, 4) is 5.75 Å². The second-order valence-electron chi connectivity index (χ2n) is 7.43. The Kier molecular flexibility index (Phi) is 5.59. The molecule has 2 aromatic rings. The molecular formula is C22H25ClN2O2. The van der Waals surface area contributed by atoms with Gasteiger partial charge in [-0.2, -0.15) is 0 Å². The minimum atomic E-state index is -0.265. The Morgan fingerprint density at radius 1 is 1.22 bits per heavy atom. The van der Waals surface area contributed by atoms with Gasteiger partial charge in [-0.25, -0.2) is 0 Å². The number of aromatic hydroxyl groups is 1. The van der Waals surface area contributed by atoms with Crippen LogP contribution >= 0.6 is 11.6 Å². The third-order valence-corrected chi connectivity index (χ3v) is 5.60. The summed E-state index contributed by atoms with van der Waals surface area (Å²) in [6.07, 6.45) is 2.70. The quantitative estimate of drug-likeness (QED) is 0.767. The average Bonchev–Trinajstić information content (AvgIpc) is 3.34. The molecule has 0 unspecified atom stereocenters. The Morgan fingerprint density at radius 2 is 1.93 bits per heavy atom. The van der Waals surface area contributed by atoms with Crippen LogP contribution in [0.1, 0.15) is 18.1 Å². The fourth-order valence-corrected chi connectivity index (χ4v) is 3.53. The lowest BCUT2D eigenvalue weighted by Crippen LogP contribution is -2.42. The van der Waals surface area contributed by atoms with Crippen LogP contribution in [0.3, 0.4) is 0 Å². The lowest BCUT2D eigenvalue weighted by Gasteiger charge is -2.25. The molecule has 4 nitrogen and oxygen atoms in total. The lowest BCUT2D eigenvalue weighted by atomic mass is 9.92. The van der Waals surface area contributed by atoms with Gasteiger partial charge < -0.3 is 15.3 Å². The van der Waals surface area contributed by atoms with Crippen molar-refractivity contribution in [1.29, 1.82) is 0 Å². The molecule has 2 N–H and O–H groups in total. The van der Waals surface area contributed by atoms with Gasteiger partial charge in [0.2, 0.25) is 5.91 Å². The van der Waals surface area contributed by atoms with E-state index >= 15 is 0 Å². The van der Waals surface area contributed by atoms with Gasteiger partial charge in [0, 0.05) is 28.6 Å². The van der Waals surface area contributed by atoms with Crippen LogP contribution in [0.15, 0.2) is 60.2 Å². The van der Waals surface area contributed by atoms with Crippen LogP contribution in [0.2, 0.25) is 5.02 Å². The zero-order valence-electron chi connectivity index (χ0n) is 15.9. The highest BCUT2D eigenvalue weighted by atomic mass is 35.5. The summed E-state index contributed by atoms with van der Waals surface area (Å²) in [5.41, 5.74) is 2.63. The third kappa shape index (κ3) is 4.34. The zero-order valence-corrected chi connectivity index (χ0v) is 16.6. The summed E-state index contributed by atoms with van der Waals surface area (Å²) in [5, 5.41) is 13.1. The number of hydrogen-bond donors (Lipinski definition) is 2. The molecule has 0 bridgehead atoms. The van der Waals surface area contributed by atoms with Gasteiger partial charge >= 0.3 is 0 Å². The van der Waals surface area contributed by atoms with Gasteiger partial charge in [-0.3, -0.25) is 4.79 Å². The van der Waals surface area contributed by atoms with E-state index in [0.717, 1.165) is 16.7 Å². The molecule has 0 aliphatic heterocycles. The molecule has 0 heterocycles. The van der Waals surface area contributed by atoms with Crippen LogP contribution in [0.4, 0.5) is 0 Å². The first-order chi connectivity index (χ1) is 12.8. The number of hydrogen-bond acceptors (Lipinski definition) is 3. The van der Waals surface area contributed by atoms with Gasteiger partial charge in [0.25, 0.3) is 0 Å². The van der Waals surface area contributed by atoms with E-state index in [1.54, 1.807) is 12.1 Å². The van der Waals surface area contributed by atoms with Crippen LogP contribution in [0.5, 0.6) is 5.75 Å². The minimum Gasteiger partial charge on any atom is -0.508 e. The first-order valence-electron chi connectivity index (χ1n) is 9.02. The maximum absolute atomic E-state index is 12.6. The van der Waals surface area contributed by atoms with Crippen LogP contribution in [0, 0.1) is 0 Å². The molecule has 3 rings (SSSR count). The van der Waals surface area contributed by atoms with E-state index in [1.165, 1.54) is 0 Å². The van der Waals surface area contributed by atoms with Crippen molar-refractivity contribution in [2.75, 3.05) is 20.6 Å². The number of amides is 1. The number of nitrogens with one attached hydrogen (secondary N) is 1. The molecule has 0 radical (unpaired) electrons. The molecule has 0 saturated carbocycles. The number of likely N-dealkylation sites (N-methyl/N-ethyl adjacent to an activating group) is 1. The third-order valence-electron chi connectivity index (χ3n) is 5.25. The number of nitrogens with zero attached hydrogens (tertiary/aromatic N) is 1. The highest BCUT2D eigenvalue weighted by Crippen LogP contribution is 2.46. The average molecular weight is 385 g/mol. The molecule has 2 aromatic carbocycles. The second-order valence-corrected chi connectivity index (χ2v) is 7.84. The number of allylic oxidation sites excluding steroid dienone is 1. The number of benzene rings is 2. The van der Waals surface area contributed by atoms with E-state index in [-0.39, 0.29) is 23.1 Å². The van der Waals surface area contributed by atoms with Crippen LogP contribution < -0.4 is 5.32 Å². The van der Waals surface area contributed by atoms with Gasteiger partial charge in [-0.15, -0.1) is 0 Å². The topological polar surface area (TPSA) is 52.6 Å². The van der Waals surface area contributed by atoms with Crippen molar-refractivity contribution in [3.63, 3.8) is 0 Å². The predicted molar refractivity (Wildman–Crippen MR) is 109 cm³/mol. The Balaban J connectivity index is 1.60. The number of carbonyl (C=O) groups excluding carboxylic acids is 1. The second kappa shape index (κ2) is 7.75. The van der Waals surface area contributed by atoms with Crippen LogP contribution in [-0.4, -0.2) is 42.6 Å². The standard InChI is InChI=1S/C22H25ClN2O2/c1-22(16-7-5-4-6-8-16)13-19(22)21(27)24-14-17(25(2)3)11-15-9-10-18(26)12-20(15)23/h4-10,12-13,17,26H,11,14H2,1-3H3,(H,24,27)/t17-,22-/m0/s1. The molecule has 1 aliphatic carbocycles. The Morgan fingerprint density at radius 3 is 2.56 bits per heavy atom. The molecule has 0 fully saturated rings. The molecule has 0 saturated heterocycles. The van der Waals surface area contributed by atoms with E-state index < -0.39 is 0 Å². The molecule has 142 valence electrons. The summed E-state index contributed by atoms with van der Waals surface area (Å²) in [5.74, 6) is 0.129. The summed E-state index contributed by atoms with van der Waals surface area (Å²) >= 11 is 6.23. The van der Waals surface area contributed by atoms with E-state index in [2.05, 4.69) is 17.1 Å². The van der Waals surface area contributed by atoms with Crippen LogP contribution in [-0.2, 0) is 16.6 Å². The van der Waals surface area contributed by atoms with Gasteiger partial charge in [-0.05, 0) is 50.7 Å². The number of carbonyl (C=O) groups is 1. The van der Waals surface area contributed by atoms with E-state index in [1.807, 2.05) is 56.6 Å². The first kappa shape index (κ1) is 19.5. The molecular weight excluding hydrogens is 360 g/mol. The van der Waals surface area contributed by atoms with E-state index in [9.17, 15) is 9.90 Å². The highest BCUT2D eigenvalue weighted by molar-refractivity contribution is 6.31. The van der Waals surface area contributed by atoms with Gasteiger partial charge in [-0.1, -0.05) is 54.1 Å². The van der Waals surface area contributed by atoms with E-state index in [4.69, 9.17) is 11.6 Å². The summed E-state index contributed by atoms with van der Waals surface area (Å²) in [7, 11) is 3.96. The van der Waals surface area contributed by atoms with Crippen molar-refractivity contribution in [2.24, 2.45) is 0 Å². The summed E-state index contributed by atoms with van der Waals surface area (Å²) in [6, 6.07) is 15.2. The molecule has 0 spiro atoms. The Hall–Kier alpha value is -2.30. The SMILES string of the molecule is CN(C)[C@H](CNC(=O)C1=C[C@@]1(C)c1ccccc1)Cc1ccc(O)cc1Cl. The predicted octanol–water partition coefficient (Wildman–Crippen LogP) is 3.53. The highest BCUT2D eigenvalue weighted by Gasteiger charge is 2.44. The fourth-order valence-electron chi connectivity index (χ4n) is 3.28. The first-order valence-corrected chi connectivity index (χ1v) is 9.40. The zero-order chi connectivity index (χ0) is 19.6. The van der Waals surface area contributed by atoms with E-state index in [0.29, 0.717) is 18.0 Å². The van der Waals surface area contributed by atoms with Crippen molar-refractivity contribution < 1.29 is 9.90 Å². The number of halogens is 1. The number of phenols is 1.